The predicted molar refractivity (Wildman–Crippen MR) is 115 cm³/mol. The summed E-state index contributed by atoms with van der Waals surface area (Å²) in [7, 11) is 0. The number of benzene rings is 2. The van der Waals surface area contributed by atoms with Crippen LogP contribution in [0.4, 0.5) is 30.7 Å². The predicted octanol–water partition coefficient (Wildman–Crippen LogP) is 7.10. The summed E-state index contributed by atoms with van der Waals surface area (Å²) in [6.45, 7) is 0.658. The van der Waals surface area contributed by atoms with Crippen molar-refractivity contribution in [2.75, 3.05) is 13.2 Å². The van der Waals surface area contributed by atoms with Gasteiger partial charge in [-0.15, -0.1) is 0 Å². The topological polar surface area (TPSA) is 25.4 Å². The third-order valence-corrected chi connectivity index (χ3v) is 5.72. The second-order valence-corrected chi connectivity index (χ2v) is 8.30. The van der Waals surface area contributed by atoms with Crippen LogP contribution in [0.15, 0.2) is 54.7 Å². The van der Waals surface area contributed by atoms with E-state index < -0.39 is 29.3 Å². The van der Waals surface area contributed by atoms with E-state index in [0.717, 1.165) is 12.1 Å². The smallest absolute Gasteiger partial charge is 0.416 e. The molecule has 0 saturated carbocycles. The number of hydrogen-bond donors (Lipinski definition) is 0. The highest BCUT2D eigenvalue weighted by atomic mass is 19.4. The first-order valence-electron chi connectivity index (χ1n) is 10.9. The van der Waals surface area contributed by atoms with E-state index >= 15 is 0 Å². The van der Waals surface area contributed by atoms with Gasteiger partial charge in [-0.25, -0.2) is 9.37 Å². The molecule has 10 heteroatoms. The molecule has 0 saturated heterocycles. The fourth-order valence-corrected chi connectivity index (χ4v) is 4.10. The maximum absolute atomic E-state index is 14.6. The van der Waals surface area contributed by atoms with Crippen molar-refractivity contribution in [2.24, 2.45) is 0 Å². The van der Waals surface area contributed by atoms with Crippen LogP contribution in [0.3, 0.4) is 0 Å². The molecule has 1 aromatic heterocycles. The van der Waals surface area contributed by atoms with Crippen molar-refractivity contribution in [3.8, 4) is 17.0 Å². The minimum Gasteiger partial charge on any atom is -0.477 e. The molecule has 2 aromatic carbocycles. The second kappa shape index (κ2) is 9.85. The Morgan fingerprint density at radius 3 is 2.20 bits per heavy atom. The highest BCUT2D eigenvalue weighted by Crippen LogP contribution is 2.37. The van der Waals surface area contributed by atoms with Gasteiger partial charge >= 0.3 is 12.4 Å². The van der Waals surface area contributed by atoms with E-state index in [1.54, 1.807) is 29.2 Å². The van der Waals surface area contributed by atoms with Gasteiger partial charge in [-0.05, 0) is 60.8 Å². The van der Waals surface area contributed by atoms with Gasteiger partial charge < -0.3 is 4.74 Å². The summed E-state index contributed by atoms with van der Waals surface area (Å²) < 4.78 is 100. The van der Waals surface area contributed by atoms with Gasteiger partial charge in [-0.1, -0.05) is 18.2 Å². The summed E-state index contributed by atoms with van der Waals surface area (Å²) in [5.74, 6) is -0.210. The summed E-state index contributed by atoms with van der Waals surface area (Å²) in [6.07, 6.45) is -7.16. The number of aromatic nitrogens is 1. The van der Waals surface area contributed by atoms with Gasteiger partial charge in [0.2, 0.25) is 5.88 Å². The van der Waals surface area contributed by atoms with Crippen molar-refractivity contribution in [1.82, 2.24) is 9.88 Å². The van der Waals surface area contributed by atoms with Crippen LogP contribution in [0.5, 0.6) is 5.88 Å². The van der Waals surface area contributed by atoms with E-state index in [9.17, 15) is 30.7 Å². The highest BCUT2D eigenvalue weighted by molar-refractivity contribution is 5.69. The first-order valence-corrected chi connectivity index (χ1v) is 10.9. The Labute approximate surface area is 197 Å². The number of pyridine rings is 1. The van der Waals surface area contributed by atoms with Crippen molar-refractivity contribution >= 4 is 0 Å². The van der Waals surface area contributed by atoms with Crippen LogP contribution in [0, 0.1) is 5.82 Å². The Balaban J connectivity index is 1.74. The Morgan fingerprint density at radius 2 is 1.54 bits per heavy atom. The maximum atomic E-state index is 14.6. The highest BCUT2D eigenvalue weighted by Gasteiger charge is 2.37. The van der Waals surface area contributed by atoms with Gasteiger partial charge in [0.15, 0.2) is 0 Å². The summed E-state index contributed by atoms with van der Waals surface area (Å²) in [4.78, 5) is 5.98. The zero-order valence-corrected chi connectivity index (χ0v) is 18.4. The lowest BCUT2D eigenvalue weighted by Crippen LogP contribution is -2.25. The fourth-order valence-electron chi connectivity index (χ4n) is 4.10. The Hall–Kier alpha value is -3.14. The number of ether oxygens (including phenoxy) is 1. The third kappa shape index (κ3) is 5.93. The number of hydrogen-bond acceptors (Lipinski definition) is 3. The summed E-state index contributed by atoms with van der Waals surface area (Å²) in [5.41, 5.74) is -1.52. The molecular weight excluding hydrogens is 477 g/mol. The van der Waals surface area contributed by atoms with Gasteiger partial charge in [0.05, 0.1) is 17.7 Å². The van der Waals surface area contributed by atoms with Crippen LogP contribution < -0.4 is 4.74 Å². The van der Waals surface area contributed by atoms with Crippen LogP contribution in [0.25, 0.3) is 11.1 Å². The molecule has 0 spiro atoms. The van der Waals surface area contributed by atoms with E-state index in [4.69, 9.17) is 4.74 Å². The Kier molecular flexibility index (Phi) is 7.02. The van der Waals surface area contributed by atoms with Crippen LogP contribution in [0.1, 0.15) is 35.1 Å². The lowest BCUT2D eigenvalue weighted by molar-refractivity contribution is -0.143. The van der Waals surface area contributed by atoms with Crippen molar-refractivity contribution in [3.05, 3.63) is 82.8 Å². The zero-order chi connectivity index (χ0) is 25.2. The maximum Gasteiger partial charge on any atom is 0.416 e. The molecule has 186 valence electrons. The van der Waals surface area contributed by atoms with E-state index in [1.807, 2.05) is 0 Å². The van der Waals surface area contributed by atoms with Crippen molar-refractivity contribution in [3.63, 3.8) is 0 Å². The largest absolute Gasteiger partial charge is 0.477 e. The molecule has 2 heterocycles. The minimum absolute atomic E-state index is 0.102. The molecule has 1 aliphatic rings. The molecule has 0 atom stereocenters. The number of alkyl halides is 6. The molecule has 0 unspecified atom stereocenters. The fraction of sp³-hybridized carbons (Fsp3) is 0.320. The van der Waals surface area contributed by atoms with Crippen LogP contribution in [0.2, 0.25) is 0 Å². The Bertz CT molecular complexity index is 1160. The molecule has 3 nitrogen and oxygen atoms in total. The molecule has 3 aromatic rings. The van der Waals surface area contributed by atoms with E-state index in [2.05, 4.69) is 4.98 Å². The number of nitrogens with zero attached hydrogens (tertiary/aromatic N) is 2. The average Bonchev–Trinajstić information content (AvgIpc) is 2.88. The quantitative estimate of drug-likeness (QED) is 0.360. The molecule has 0 N–H and O–H groups in total. The molecular formula is C25H21F7N2O. The molecule has 0 bridgehead atoms. The third-order valence-electron chi connectivity index (χ3n) is 5.72. The van der Waals surface area contributed by atoms with Crippen LogP contribution in [-0.2, 0) is 25.4 Å². The SMILES string of the molecule is Fc1ccccc1-c1ccnc2c1CN(Cc1cc(C(F)(F)F)cc(C(F)(F)F)c1)CCCCO2. The first-order chi connectivity index (χ1) is 16.5. The summed E-state index contributed by atoms with van der Waals surface area (Å²) in [5, 5.41) is 0. The van der Waals surface area contributed by atoms with Gasteiger partial charge in [0.25, 0.3) is 0 Å². The molecule has 0 amide bonds. The number of halogens is 7. The molecule has 0 aliphatic carbocycles. The standard InChI is InChI=1S/C25H21F7N2O/c26-22-6-2-1-5-20(22)19-7-8-33-23-21(19)15-34(9-3-4-10-35-23)14-16-11-17(24(27,28)29)13-18(12-16)25(30,31)32/h1-2,5-8,11-13H,3-4,9-10,14-15H2. The first kappa shape index (κ1) is 25.0. The van der Waals surface area contributed by atoms with Crippen molar-refractivity contribution in [1.29, 1.82) is 0 Å². The lowest BCUT2D eigenvalue weighted by Gasteiger charge is -2.24. The minimum atomic E-state index is -4.92. The number of fused-ring (bicyclic) bond motifs is 1. The molecule has 35 heavy (non-hydrogen) atoms. The molecule has 1 aliphatic heterocycles. The summed E-state index contributed by atoms with van der Waals surface area (Å²) >= 11 is 0. The Morgan fingerprint density at radius 1 is 0.857 bits per heavy atom. The van der Waals surface area contributed by atoms with Crippen molar-refractivity contribution in [2.45, 2.75) is 38.3 Å². The lowest BCUT2D eigenvalue weighted by atomic mass is 9.99. The van der Waals surface area contributed by atoms with Gasteiger partial charge in [-0.3, -0.25) is 4.90 Å². The number of rotatable bonds is 3. The van der Waals surface area contributed by atoms with Crippen molar-refractivity contribution < 1.29 is 35.5 Å². The normalized spacial score (nSPS) is 15.5. The van der Waals surface area contributed by atoms with Gasteiger partial charge in [0.1, 0.15) is 5.82 Å². The van der Waals surface area contributed by atoms with E-state index in [0.29, 0.717) is 42.7 Å². The van der Waals surface area contributed by atoms with Crippen LogP contribution in [-0.4, -0.2) is 23.0 Å². The average molecular weight is 498 g/mol. The summed E-state index contributed by atoms with van der Waals surface area (Å²) in [6, 6.07) is 9.31. The van der Waals surface area contributed by atoms with E-state index in [-0.39, 0.29) is 30.6 Å². The monoisotopic (exact) mass is 498 g/mol. The van der Waals surface area contributed by atoms with E-state index in [1.165, 1.54) is 12.3 Å². The molecule has 0 radical (unpaired) electrons. The van der Waals surface area contributed by atoms with Crippen LogP contribution >= 0.6 is 0 Å². The molecule has 0 fully saturated rings. The van der Waals surface area contributed by atoms with Gasteiger partial charge in [0, 0.05) is 30.4 Å². The zero-order valence-electron chi connectivity index (χ0n) is 18.4. The second-order valence-electron chi connectivity index (χ2n) is 8.30. The van der Waals surface area contributed by atoms with Gasteiger partial charge in [-0.2, -0.15) is 26.3 Å². The molecule has 4 rings (SSSR count).